The zero-order valence-corrected chi connectivity index (χ0v) is 16.9. The van der Waals surface area contributed by atoms with E-state index in [9.17, 15) is 9.59 Å². The molecule has 30 heavy (non-hydrogen) atoms. The molecule has 1 saturated carbocycles. The van der Waals surface area contributed by atoms with Crippen molar-refractivity contribution >= 4 is 33.3 Å². The van der Waals surface area contributed by atoms with Crippen LogP contribution in [-0.4, -0.2) is 55.9 Å². The lowest BCUT2D eigenvalue weighted by molar-refractivity contribution is -0.130. The highest BCUT2D eigenvalue weighted by Crippen LogP contribution is 2.38. The van der Waals surface area contributed by atoms with E-state index in [4.69, 9.17) is 13.9 Å². The predicted molar refractivity (Wildman–Crippen MR) is 113 cm³/mol. The van der Waals surface area contributed by atoms with Crippen LogP contribution < -0.4 is 4.74 Å². The van der Waals surface area contributed by atoms with Crippen molar-refractivity contribution in [2.45, 2.75) is 25.2 Å². The molecule has 2 aromatic carbocycles. The minimum absolute atomic E-state index is 0.00554. The Morgan fingerprint density at radius 2 is 1.97 bits per heavy atom. The SMILES string of the molecule is O=C1CC[C@H](c2coc3ccc4cc(OCCN5CCOCC5)ccc4c23)C(=O)C1. The van der Waals surface area contributed by atoms with Gasteiger partial charge in [0.15, 0.2) is 0 Å². The van der Waals surface area contributed by atoms with Gasteiger partial charge in [0.2, 0.25) is 0 Å². The number of Topliss-reactive ketones (excluding diaryl/α,β-unsaturated/α-hetero) is 2. The van der Waals surface area contributed by atoms with Crippen molar-refractivity contribution < 1.29 is 23.5 Å². The van der Waals surface area contributed by atoms with Crippen molar-refractivity contribution in [2.75, 3.05) is 39.5 Å². The molecule has 1 aliphatic carbocycles. The summed E-state index contributed by atoms with van der Waals surface area (Å²) in [6.07, 6.45) is 2.73. The average molecular weight is 407 g/mol. The first kappa shape index (κ1) is 19.3. The molecule has 5 rings (SSSR count). The van der Waals surface area contributed by atoms with Crippen LogP contribution in [-0.2, 0) is 14.3 Å². The average Bonchev–Trinajstić information content (AvgIpc) is 3.19. The molecule has 1 aliphatic heterocycles. The minimum atomic E-state index is -0.265. The lowest BCUT2D eigenvalue weighted by atomic mass is 9.81. The topological polar surface area (TPSA) is 69.0 Å². The zero-order chi connectivity index (χ0) is 20.5. The molecule has 0 unspecified atom stereocenters. The van der Waals surface area contributed by atoms with E-state index in [1.165, 1.54) is 0 Å². The fourth-order valence-corrected chi connectivity index (χ4v) is 4.53. The molecule has 0 spiro atoms. The molecule has 1 atom stereocenters. The van der Waals surface area contributed by atoms with Gasteiger partial charge in [0.05, 0.1) is 25.9 Å². The van der Waals surface area contributed by atoms with E-state index in [1.54, 1.807) is 6.26 Å². The van der Waals surface area contributed by atoms with Crippen LogP contribution in [0.3, 0.4) is 0 Å². The Hall–Kier alpha value is -2.70. The van der Waals surface area contributed by atoms with Crippen LogP contribution in [0.2, 0.25) is 0 Å². The molecule has 156 valence electrons. The summed E-state index contributed by atoms with van der Waals surface area (Å²) in [7, 11) is 0. The van der Waals surface area contributed by atoms with Crippen LogP contribution in [0, 0.1) is 0 Å². The molecule has 1 aromatic heterocycles. The third-order valence-corrected chi connectivity index (χ3v) is 6.18. The number of carbonyl (C=O) groups is 2. The molecule has 3 aromatic rings. The molecule has 0 bridgehead atoms. The van der Waals surface area contributed by atoms with Crippen molar-refractivity contribution in [1.82, 2.24) is 4.90 Å². The van der Waals surface area contributed by atoms with Crippen molar-refractivity contribution in [3.8, 4) is 5.75 Å². The number of furan rings is 1. The van der Waals surface area contributed by atoms with Crippen molar-refractivity contribution in [3.63, 3.8) is 0 Å². The Balaban J connectivity index is 1.39. The van der Waals surface area contributed by atoms with Crippen LogP contribution in [0.25, 0.3) is 21.7 Å². The second-order valence-electron chi connectivity index (χ2n) is 8.09. The van der Waals surface area contributed by atoms with Gasteiger partial charge in [0, 0.05) is 42.9 Å². The van der Waals surface area contributed by atoms with Gasteiger partial charge < -0.3 is 13.9 Å². The number of morpholine rings is 1. The van der Waals surface area contributed by atoms with Crippen molar-refractivity contribution in [3.05, 3.63) is 42.2 Å². The predicted octanol–water partition coefficient (Wildman–Crippen LogP) is 3.70. The number of benzene rings is 2. The summed E-state index contributed by atoms with van der Waals surface area (Å²) in [4.78, 5) is 26.5. The van der Waals surface area contributed by atoms with Crippen LogP contribution in [0.15, 0.2) is 41.0 Å². The van der Waals surface area contributed by atoms with E-state index in [-0.39, 0.29) is 23.9 Å². The maximum Gasteiger partial charge on any atom is 0.147 e. The molecule has 0 N–H and O–H groups in total. The van der Waals surface area contributed by atoms with Crippen LogP contribution in [0.5, 0.6) is 5.75 Å². The third kappa shape index (κ3) is 3.73. The Labute approximate surface area is 174 Å². The highest BCUT2D eigenvalue weighted by atomic mass is 16.5. The fraction of sp³-hybridized carbons (Fsp3) is 0.417. The maximum absolute atomic E-state index is 12.5. The first-order chi connectivity index (χ1) is 14.7. The maximum atomic E-state index is 12.5. The molecule has 1 saturated heterocycles. The second-order valence-corrected chi connectivity index (χ2v) is 8.09. The summed E-state index contributed by atoms with van der Waals surface area (Å²) >= 11 is 0. The zero-order valence-electron chi connectivity index (χ0n) is 16.9. The first-order valence-corrected chi connectivity index (χ1v) is 10.6. The number of hydrogen-bond acceptors (Lipinski definition) is 6. The highest BCUT2D eigenvalue weighted by molar-refractivity contribution is 6.11. The van der Waals surface area contributed by atoms with Gasteiger partial charge in [-0.3, -0.25) is 14.5 Å². The highest BCUT2D eigenvalue weighted by Gasteiger charge is 2.31. The van der Waals surface area contributed by atoms with E-state index in [0.29, 0.717) is 19.4 Å². The molecular formula is C24H25NO5. The summed E-state index contributed by atoms with van der Waals surface area (Å²) in [5.74, 6) is 0.597. The number of ketones is 2. The molecule has 0 amide bonds. The summed E-state index contributed by atoms with van der Waals surface area (Å²) < 4.78 is 17.1. The number of rotatable bonds is 5. The Morgan fingerprint density at radius 1 is 1.10 bits per heavy atom. The first-order valence-electron chi connectivity index (χ1n) is 10.6. The minimum Gasteiger partial charge on any atom is -0.492 e. The number of nitrogens with zero attached hydrogens (tertiary/aromatic N) is 1. The molecule has 0 radical (unpaired) electrons. The molecule has 2 heterocycles. The van der Waals surface area contributed by atoms with E-state index >= 15 is 0 Å². The third-order valence-electron chi connectivity index (χ3n) is 6.18. The van der Waals surface area contributed by atoms with Crippen molar-refractivity contribution in [2.24, 2.45) is 0 Å². The Kier molecular flexibility index (Phi) is 5.27. The standard InChI is InChI=1S/C24H25NO5/c26-17-2-4-20(22(27)14-17)21-15-30-23-6-1-16-13-18(3-5-19(16)24(21)23)29-12-9-25-7-10-28-11-8-25/h1,3,5-6,13,15,20H,2,4,7-12,14H2/t20-/m1/s1. The van der Waals surface area contributed by atoms with Gasteiger partial charge in [-0.25, -0.2) is 0 Å². The van der Waals surface area contributed by atoms with Gasteiger partial charge in [-0.2, -0.15) is 0 Å². The summed E-state index contributed by atoms with van der Waals surface area (Å²) in [5.41, 5.74) is 1.66. The molecule has 2 aliphatic rings. The number of carbonyl (C=O) groups excluding carboxylic acids is 2. The van der Waals surface area contributed by atoms with Gasteiger partial charge in [-0.1, -0.05) is 6.07 Å². The molecule has 2 fully saturated rings. The van der Waals surface area contributed by atoms with E-state index in [2.05, 4.69) is 4.90 Å². The van der Waals surface area contributed by atoms with Gasteiger partial charge in [-0.05, 0) is 41.5 Å². The van der Waals surface area contributed by atoms with E-state index < -0.39 is 0 Å². The Morgan fingerprint density at radius 3 is 2.80 bits per heavy atom. The fourth-order valence-electron chi connectivity index (χ4n) is 4.53. The smallest absolute Gasteiger partial charge is 0.147 e. The van der Waals surface area contributed by atoms with Crippen molar-refractivity contribution in [1.29, 1.82) is 0 Å². The number of ether oxygens (including phenoxy) is 2. The lowest BCUT2D eigenvalue weighted by Gasteiger charge is -2.26. The quantitative estimate of drug-likeness (QED) is 0.601. The van der Waals surface area contributed by atoms with Gasteiger partial charge in [0.1, 0.15) is 29.5 Å². The normalized spacial score (nSPS) is 20.9. The number of hydrogen-bond donors (Lipinski definition) is 0. The second kappa shape index (κ2) is 8.20. The van der Waals surface area contributed by atoms with E-state index in [0.717, 1.165) is 65.9 Å². The van der Waals surface area contributed by atoms with Crippen LogP contribution in [0.1, 0.15) is 30.7 Å². The lowest BCUT2D eigenvalue weighted by Crippen LogP contribution is -2.38. The molecular weight excluding hydrogens is 382 g/mol. The molecule has 6 heteroatoms. The Bertz CT molecular complexity index is 1100. The number of fused-ring (bicyclic) bond motifs is 3. The largest absolute Gasteiger partial charge is 0.492 e. The van der Waals surface area contributed by atoms with E-state index in [1.807, 2.05) is 30.3 Å². The van der Waals surface area contributed by atoms with Crippen LogP contribution >= 0.6 is 0 Å². The van der Waals surface area contributed by atoms with Gasteiger partial charge >= 0.3 is 0 Å². The summed E-state index contributed by atoms with van der Waals surface area (Å²) in [6, 6.07) is 10.0. The molecule has 6 nitrogen and oxygen atoms in total. The van der Waals surface area contributed by atoms with Gasteiger partial charge in [0.25, 0.3) is 0 Å². The summed E-state index contributed by atoms with van der Waals surface area (Å²) in [6.45, 7) is 5.00. The summed E-state index contributed by atoms with van der Waals surface area (Å²) in [5, 5.41) is 3.06. The monoisotopic (exact) mass is 407 g/mol. The van der Waals surface area contributed by atoms with Crippen LogP contribution in [0.4, 0.5) is 0 Å². The van der Waals surface area contributed by atoms with Gasteiger partial charge in [-0.15, -0.1) is 0 Å².